The first-order chi connectivity index (χ1) is 28.9. The van der Waals surface area contributed by atoms with Crippen molar-refractivity contribution in [1.29, 1.82) is 0 Å². The van der Waals surface area contributed by atoms with Gasteiger partial charge in [-0.1, -0.05) is 61.6 Å². The first-order valence-electron chi connectivity index (χ1n) is 20.6. The number of hydrogen-bond donors (Lipinski definition) is 2. The molecule has 12 nitrogen and oxygen atoms in total. The van der Waals surface area contributed by atoms with Crippen LogP contribution < -0.4 is 24.9 Å². The first-order valence-corrected chi connectivity index (χ1v) is 23.7. The molecule has 5 atom stereocenters. The number of anilines is 2. The number of carbonyl (C=O) groups is 4. The number of fused-ring (bicyclic) bond motifs is 3. The highest BCUT2D eigenvalue weighted by Gasteiger charge is 2.66. The Bertz CT molecular complexity index is 2230. The van der Waals surface area contributed by atoms with Gasteiger partial charge in [-0.15, -0.1) is 0 Å². The van der Waals surface area contributed by atoms with Crippen molar-refractivity contribution in [2.45, 2.75) is 82.0 Å². The Morgan fingerprint density at radius 2 is 1.57 bits per heavy atom. The van der Waals surface area contributed by atoms with Crippen molar-refractivity contribution in [3.8, 4) is 11.5 Å². The zero-order valence-corrected chi connectivity index (χ0v) is 36.2. The lowest BCUT2D eigenvalue weighted by Crippen LogP contribution is -2.52. The fraction of sp³-hybridized carbons (Fsp3) is 0.404. The minimum atomic E-state index is -2.62. The summed E-state index contributed by atoms with van der Waals surface area (Å²) >= 11 is 0. The second-order valence-corrected chi connectivity index (χ2v) is 21.3. The number of nitrogens with zero attached hydrogens (tertiary/aromatic N) is 2. The van der Waals surface area contributed by atoms with Gasteiger partial charge in [-0.3, -0.25) is 19.2 Å². The van der Waals surface area contributed by atoms with Crippen LogP contribution >= 0.6 is 0 Å². The standard InChI is InChI=1S/C47H55N3O9Si/c1-30-44(60(5,6)38-21-19-37(57-3)20-22-38)41(27-42(52)50-28-33-12-8-7-11-32(33)25-35(50)29-51)59-47(30)39-26-34(48-45(54)31-14-17-36(56-2)18-15-31)16-23-40(39)49(46(47)55)24-10-9-13-43(53)58-4/h7-8,11-12,14-23,26,30,35,41,44,51H,9-10,13,24-25,27-29H2,1-6H3,(H,48,54)/t30-,35+,41+,44-,47+/m1/s1. The van der Waals surface area contributed by atoms with E-state index in [9.17, 15) is 19.5 Å². The fourth-order valence-corrected chi connectivity index (χ4v) is 13.7. The number of nitrogens with one attached hydrogen (secondary N) is 1. The second kappa shape index (κ2) is 17.6. The Kier molecular flexibility index (Phi) is 12.5. The molecule has 2 N–H and O–H groups in total. The normalized spacial score (nSPS) is 22.0. The molecule has 7 rings (SSSR count). The number of amides is 3. The maximum Gasteiger partial charge on any atom is 0.305 e. The number of aliphatic hydroxyl groups excluding tert-OH is 1. The molecule has 0 aromatic heterocycles. The molecule has 3 amide bonds. The average molecular weight is 834 g/mol. The quantitative estimate of drug-likeness (QED) is 0.0863. The molecule has 4 aromatic rings. The highest BCUT2D eigenvalue weighted by Crippen LogP contribution is 2.60. The highest BCUT2D eigenvalue weighted by molar-refractivity contribution is 6.91. The number of ether oxygens (including phenoxy) is 4. The molecule has 0 unspecified atom stereocenters. The van der Waals surface area contributed by atoms with Gasteiger partial charge in [0.2, 0.25) is 5.91 Å². The van der Waals surface area contributed by atoms with Crippen LogP contribution in [0.5, 0.6) is 11.5 Å². The number of aliphatic hydroxyl groups is 1. The van der Waals surface area contributed by atoms with E-state index in [-0.39, 0.29) is 48.7 Å². The summed E-state index contributed by atoms with van der Waals surface area (Å²) in [5, 5.41) is 14.7. The average Bonchev–Trinajstić information content (AvgIpc) is 3.69. The molecule has 3 heterocycles. The SMILES string of the molecule is COC(=O)CCCCN1C(=O)[C@@]2(O[C@@H](CC(=O)N3Cc4ccccc4C[C@H]3CO)[C@H]([Si](C)(C)c3ccc(OC)cc3)[C@H]2C)c2cc(NC(=O)c3ccc(OC)cc3)ccc21. The third-order valence-corrected chi connectivity index (χ3v) is 17.3. The van der Waals surface area contributed by atoms with Crippen molar-refractivity contribution in [3.63, 3.8) is 0 Å². The molecule has 60 heavy (non-hydrogen) atoms. The van der Waals surface area contributed by atoms with Crippen LogP contribution in [0.15, 0.2) is 91.0 Å². The molecular weight excluding hydrogens is 779 g/mol. The third kappa shape index (κ3) is 7.93. The van der Waals surface area contributed by atoms with Crippen LogP contribution in [0.2, 0.25) is 18.6 Å². The van der Waals surface area contributed by atoms with Gasteiger partial charge in [0.25, 0.3) is 11.8 Å². The van der Waals surface area contributed by atoms with E-state index < -0.39 is 31.7 Å². The Morgan fingerprint density at radius 3 is 2.22 bits per heavy atom. The van der Waals surface area contributed by atoms with Crippen molar-refractivity contribution < 1.29 is 43.2 Å². The molecule has 4 aromatic carbocycles. The number of unbranched alkanes of at least 4 members (excludes halogenated alkanes) is 1. The van der Waals surface area contributed by atoms with Gasteiger partial charge >= 0.3 is 5.97 Å². The van der Waals surface area contributed by atoms with E-state index in [4.69, 9.17) is 18.9 Å². The lowest BCUT2D eigenvalue weighted by atomic mass is 9.82. The van der Waals surface area contributed by atoms with E-state index in [1.807, 2.05) is 48.5 Å². The molecule has 3 aliphatic heterocycles. The van der Waals surface area contributed by atoms with Gasteiger partial charge < -0.3 is 39.2 Å². The highest BCUT2D eigenvalue weighted by atomic mass is 28.3. The predicted octanol–water partition coefficient (Wildman–Crippen LogP) is 6.20. The van der Waals surface area contributed by atoms with E-state index in [1.165, 1.54) is 7.11 Å². The summed E-state index contributed by atoms with van der Waals surface area (Å²) in [5.41, 5.74) is 2.66. The summed E-state index contributed by atoms with van der Waals surface area (Å²) in [7, 11) is 1.94. The summed E-state index contributed by atoms with van der Waals surface area (Å²) in [6.07, 6.45) is 1.18. The zero-order valence-electron chi connectivity index (χ0n) is 35.2. The predicted molar refractivity (Wildman–Crippen MR) is 231 cm³/mol. The van der Waals surface area contributed by atoms with Gasteiger partial charge in [0.15, 0.2) is 5.60 Å². The molecule has 3 aliphatic rings. The molecule has 13 heteroatoms. The van der Waals surface area contributed by atoms with Gasteiger partial charge in [0, 0.05) is 42.2 Å². The van der Waals surface area contributed by atoms with Crippen LogP contribution in [0.1, 0.15) is 59.7 Å². The topological polar surface area (TPSA) is 144 Å². The molecule has 0 bridgehead atoms. The Balaban J connectivity index is 1.29. The summed E-state index contributed by atoms with van der Waals surface area (Å²) < 4.78 is 22.9. The maximum atomic E-state index is 15.3. The molecule has 0 aliphatic carbocycles. The van der Waals surface area contributed by atoms with Crippen LogP contribution in [0.3, 0.4) is 0 Å². The molecule has 316 valence electrons. The second-order valence-electron chi connectivity index (χ2n) is 16.6. The first kappa shape index (κ1) is 42.6. The molecular formula is C47H55N3O9Si. The van der Waals surface area contributed by atoms with Crippen molar-refractivity contribution in [2.24, 2.45) is 5.92 Å². The van der Waals surface area contributed by atoms with Crippen LogP contribution in [-0.4, -0.2) is 88.4 Å². The number of carbonyl (C=O) groups excluding carboxylic acids is 4. The van der Waals surface area contributed by atoms with Crippen molar-refractivity contribution in [3.05, 3.63) is 113 Å². The van der Waals surface area contributed by atoms with E-state index >= 15 is 4.79 Å². The summed E-state index contributed by atoms with van der Waals surface area (Å²) in [6, 6.07) is 27.9. The monoisotopic (exact) mass is 833 g/mol. The summed E-state index contributed by atoms with van der Waals surface area (Å²) in [5.74, 6) is -0.0689. The van der Waals surface area contributed by atoms with Crippen LogP contribution in [0.4, 0.5) is 11.4 Å². The van der Waals surface area contributed by atoms with Crippen molar-refractivity contribution in [1.82, 2.24) is 4.90 Å². The van der Waals surface area contributed by atoms with Crippen LogP contribution in [-0.2, 0) is 42.4 Å². The van der Waals surface area contributed by atoms with E-state index in [0.29, 0.717) is 60.6 Å². The van der Waals surface area contributed by atoms with E-state index in [1.54, 1.807) is 54.4 Å². The number of benzene rings is 4. The Labute approximate surface area is 352 Å². The lowest BCUT2D eigenvalue weighted by molar-refractivity contribution is -0.151. The van der Waals surface area contributed by atoms with Crippen LogP contribution in [0, 0.1) is 5.92 Å². The van der Waals surface area contributed by atoms with E-state index in [2.05, 4.69) is 37.5 Å². The number of rotatable bonds is 14. The van der Waals surface area contributed by atoms with Gasteiger partial charge in [-0.25, -0.2) is 0 Å². The molecule has 1 fully saturated rings. The Morgan fingerprint density at radius 1 is 0.900 bits per heavy atom. The maximum absolute atomic E-state index is 15.3. The lowest BCUT2D eigenvalue weighted by Gasteiger charge is -2.39. The van der Waals surface area contributed by atoms with Gasteiger partial charge in [-0.05, 0) is 90.5 Å². The van der Waals surface area contributed by atoms with Gasteiger partial charge in [0.05, 0.1) is 60.3 Å². The minimum absolute atomic E-state index is 0.0116. The van der Waals surface area contributed by atoms with Gasteiger partial charge in [0.1, 0.15) is 11.5 Å². The minimum Gasteiger partial charge on any atom is -0.497 e. The molecule has 1 spiro atoms. The third-order valence-electron chi connectivity index (χ3n) is 12.9. The van der Waals surface area contributed by atoms with E-state index in [0.717, 1.165) is 22.1 Å². The number of hydrogen-bond acceptors (Lipinski definition) is 9. The molecule has 0 saturated carbocycles. The van der Waals surface area contributed by atoms with Crippen LogP contribution in [0.25, 0.3) is 0 Å². The molecule has 1 saturated heterocycles. The smallest absolute Gasteiger partial charge is 0.305 e. The van der Waals surface area contributed by atoms with Crippen molar-refractivity contribution in [2.75, 3.05) is 44.7 Å². The largest absolute Gasteiger partial charge is 0.497 e. The van der Waals surface area contributed by atoms with Gasteiger partial charge in [-0.2, -0.15) is 0 Å². The molecule has 0 radical (unpaired) electrons. The fourth-order valence-electron chi connectivity index (χ4n) is 9.73. The van der Waals surface area contributed by atoms with Crippen molar-refractivity contribution >= 4 is 48.3 Å². The Hall–Kier alpha value is -5.50. The summed E-state index contributed by atoms with van der Waals surface area (Å²) in [4.78, 5) is 59.1. The number of methoxy groups -OCH3 is 3. The summed E-state index contributed by atoms with van der Waals surface area (Å²) in [6.45, 7) is 7.11. The number of esters is 1. The zero-order chi connectivity index (χ0) is 42.8.